The third kappa shape index (κ3) is 7.65. The zero-order valence-corrected chi connectivity index (χ0v) is 18.4. The molecule has 0 unspecified atom stereocenters. The van der Waals surface area contributed by atoms with Gasteiger partial charge in [-0.2, -0.15) is 0 Å². The van der Waals surface area contributed by atoms with Crippen molar-refractivity contribution in [2.75, 3.05) is 30.5 Å². The van der Waals surface area contributed by atoms with E-state index in [4.69, 9.17) is 15.3 Å². The maximum Gasteiger partial charge on any atom is 0.184 e. The number of hydrogen-bond acceptors (Lipinski definition) is 5. The molecule has 0 amide bonds. The molecule has 5 N–H and O–H groups in total. The predicted molar refractivity (Wildman–Crippen MR) is 118 cm³/mol. The molecule has 180 valence electrons. The van der Waals surface area contributed by atoms with Gasteiger partial charge in [-0.3, -0.25) is 0 Å². The highest BCUT2D eigenvalue weighted by molar-refractivity contribution is 5.74. The Bertz CT molecular complexity index is 820. The molecule has 0 aromatic heterocycles. The summed E-state index contributed by atoms with van der Waals surface area (Å²) in [5.74, 6) is -4.32. The smallest absolute Gasteiger partial charge is 0.184 e. The fourth-order valence-corrected chi connectivity index (χ4v) is 3.22. The standard InChI is InChI=1S/C21H26F4N2O.C2H6O2/c1-3-5-8-17(14(22)4-2)26-20-18(25)15(23)13-16(24)19(20)27-21(9-6-10-21)11-7-12-28;3-1-2-4/h3-5,8,13,26-28H,6-7,9-12H2,1-2H3;3-4H,1-2H2/b5-3+,14-4+,17-8+;. The first-order chi connectivity index (χ1) is 15.3. The molecule has 32 heavy (non-hydrogen) atoms. The molecule has 5 nitrogen and oxygen atoms in total. The van der Waals surface area contributed by atoms with Crippen molar-refractivity contribution in [2.24, 2.45) is 0 Å². The Kier molecular flexibility index (Phi) is 12.0. The van der Waals surface area contributed by atoms with Gasteiger partial charge in [0.1, 0.15) is 11.5 Å². The van der Waals surface area contributed by atoms with Gasteiger partial charge >= 0.3 is 0 Å². The molecule has 0 radical (unpaired) electrons. The van der Waals surface area contributed by atoms with E-state index >= 15 is 0 Å². The van der Waals surface area contributed by atoms with E-state index in [2.05, 4.69) is 10.6 Å². The summed E-state index contributed by atoms with van der Waals surface area (Å²) in [7, 11) is 0. The van der Waals surface area contributed by atoms with E-state index in [1.165, 1.54) is 19.1 Å². The van der Waals surface area contributed by atoms with Crippen molar-refractivity contribution in [2.45, 2.75) is 51.5 Å². The second-order valence-corrected chi connectivity index (χ2v) is 7.31. The van der Waals surface area contributed by atoms with Gasteiger partial charge in [0, 0.05) is 18.2 Å². The number of anilines is 2. The summed E-state index contributed by atoms with van der Waals surface area (Å²) >= 11 is 0. The Morgan fingerprint density at radius 3 is 2.16 bits per heavy atom. The molecule has 1 aliphatic carbocycles. The van der Waals surface area contributed by atoms with Crippen molar-refractivity contribution in [3.63, 3.8) is 0 Å². The number of hydrogen-bond donors (Lipinski definition) is 5. The minimum Gasteiger partial charge on any atom is -0.396 e. The van der Waals surface area contributed by atoms with E-state index < -0.39 is 34.5 Å². The first-order valence-electron chi connectivity index (χ1n) is 10.5. The van der Waals surface area contributed by atoms with E-state index in [0.717, 1.165) is 25.3 Å². The molecule has 0 saturated heterocycles. The van der Waals surface area contributed by atoms with Crippen LogP contribution in [0.15, 0.2) is 41.9 Å². The fourth-order valence-electron chi connectivity index (χ4n) is 3.22. The first-order valence-corrected chi connectivity index (χ1v) is 10.5. The Balaban J connectivity index is 0.00000118. The molecule has 0 spiro atoms. The summed E-state index contributed by atoms with van der Waals surface area (Å²) in [4.78, 5) is 0. The number of rotatable bonds is 10. The van der Waals surface area contributed by atoms with E-state index in [0.29, 0.717) is 18.9 Å². The summed E-state index contributed by atoms with van der Waals surface area (Å²) < 4.78 is 57.2. The minimum atomic E-state index is -1.37. The average molecular weight is 461 g/mol. The molecular formula is C23H32F4N2O3. The van der Waals surface area contributed by atoms with Crippen LogP contribution in [0.2, 0.25) is 0 Å². The van der Waals surface area contributed by atoms with Crippen molar-refractivity contribution < 1.29 is 32.9 Å². The molecule has 2 rings (SSSR count). The summed E-state index contributed by atoms with van der Waals surface area (Å²) in [6.07, 6.45) is 9.10. The predicted octanol–water partition coefficient (Wildman–Crippen LogP) is 4.93. The number of aliphatic hydroxyl groups excluding tert-OH is 3. The maximum absolute atomic E-state index is 14.6. The molecule has 1 aromatic rings. The fraction of sp³-hybridized carbons (Fsp3) is 0.478. The van der Waals surface area contributed by atoms with E-state index in [1.807, 2.05) is 0 Å². The number of aliphatic hydroxyl groups is 3. The number of allylic oxidation sites excluding steroid dienone is 5. The van der Waals surface area contributed by atoms with Crippen LogP contribution in [0.3, 0.4) is 0 Å². The van der Waals surface area contributed by atoms with Gasteiger partial charge in [0.25, 0.3) is 0 Å². The molecule has 9 heteroatoms. The van der Waals surface area contributed by atoms with Gasteiger partial charge in [0.15, 0.2) is 17.5 Å². The van der Waals surface area contributed by atoms with Crippen LogP contribution in [-0.2, 0) is 0 Å². The van der Waals surface area contributed by atoms with Gasteiger partial charge < -0.3 is 26.0 Å². The number of halogens is 4. The molecular weight excluding hydrogens is 428 g/mol. The molecule has 0 aliphatic heterocycles. The van der Waals surface area contributed by atoms with Crippen LogP contribution in [0.4, 0.5) is 28.9 Å². The summed E-state index contributed by atoms with van der Waals surface area (Å²) in [5, 5.41) is 29.9. The second kappa shape index (κ2) is 13.9. The second-order valence-electron chi connectivity index (χ2n) is 7.31. The lowest BCUT2D eigenvalue weighted by Gasteiger charge is -2.44. The third-order valence-corrected chi connectivity index (χ3v) is 5.01. The largest absolute Gasteiger partial charge is 0.396 e. The van der Waals surface area contributed by atoms with Crippen LogP contribution in [-0.4, -0.2) is 40.7 Å². The molecule has 1 fully saturated rings. The lowest BCUT2D eigenvalue weighted by Crippen LogP contribution is -2.45. The van der Waals surface area contributed by atoms with Gasteiger partial charge in [-0.25, -0.2) is 17.6 Å². The van der Waals surface area contributed by atoms with Crippen LogP contribution in [0, 0.1) is 17.5 Å². The molecule has 0 heterocycles. The number of nitrogens with one attached hydrogen (secondary N) is 2. The quantitative estimate of drug-likeness (QED) is 0.194. The van der Waals surface area contributed by atoms with Gasteiger partial charge in [0.2, 0.25) is 0 Å². The minimum absolute atomic E-state index is 0.0163. The van der Waals surface area contributed by atoms with Gasteiger partial charge in [-0.15, -0.1) is 0 Å². The van der Waals surface area contributed by atoms with Crippen LogP contribution in [0.5, 0.6) is 0 Å². The normalized spacial score (nSPS) is 15.8. The van der Waals surface area contributed by atoms with Crippen LogP contribution < -0.4 is 10.6 Å². The molecule has 1 aromatic carbocycles. The van der Waals surface area contributed by atoms with Crippen LogP contribution in [0.1, 0.15) is 46.0 Å². The van der Waals surface area contributed by atoms with Gasteiger partial charge in [-0.05, 0) is 58.1 Å². The van der Waals surface area contributed by atoms with Gasteiger partial charge in [-0.1, -0.05) is 12.2 Å². The topological polar surface area (TPSA) is 84.8 Å². The Labute approximate surface area is 186 Å². The lowest BCUT2D eigenvalue weighted by atomic mass is 9.73. The summed E-state index contributed by atoms with van der Waals surface area (Å²) in [6.45, 7) is 2.91. The van der Waals surface area contributed by atoms with E-state index in [-0.39, 0.29) is 31.2 Å². The molecule has 0 atom stereocenters. The van der Waals surface area contributed by atoms with Crippen molar-refractivity contribution >= 4 is 11.4 Å². The lowest BCUT2D eigenvalue weighted by molar-refractivity contribution is 0.186. The zero-order chi connectivity index (χ0) is 24.1. The van der Waals surface area contributed by atoms with E-state index in [1.54, 1.807) is 13.0 Å². The SMILES string of the molecule is C/C=C/C=C(Nc1c(F)c(F)cc(F)c1NC1(CCCO)CCC1)\C(F)=C/C.OCCO. The molecule has 1 aliphatic rings. The van der Waals surface area contributed by atoms with Crippen molar-refractivity contribution in [1.29, 1.82) is 0 Å². The molecule has 1 saturated carbocycles. The Hall–Kier alpha value is -2.36. The third-order valence-electron chi connectivity index (χ3n) is 5.01. The van der Waals surface area contributed by atoms with Crippen LogP contribution in [0.25, 0.3) is 0 Å². The number of benzene rings is 1. The average Bonchev–Trinajstić information content (AvgIpc) is 2.77. The van der Waals surface area contributed by atoms with Crippen molar-refractivity contribution in [1.82, 2.24) is 0 Å². The van der Waals surface area contributed by atoms with Gasteiger partial charge in [0.05, 0.1) is 24.6 Å². The Morgan fingerprint density at radius 2 is 1.69 bits per heavy atom. The van der Waals surface area contributed by atoms with Crippen molar-refractivity contribution in [3.8, 4) is 0 Å². The molecule has 0 bridgehead atoms. The highest BCUT2D eigenvalue weighted by Gasteiger charge is 2.38. The van der Waals surface area contributed by atoms with Crippen LogP contribution >= 0.6 is 0 Å². The summed E-state index contributed by atoms with van der Waals surface area (Å²) in [6, 6.07) is 0.475. The van der Waals surface area contributed by atoms with E-state index in [9.17, 15) is 17.6 Å². The maximum atomic E-state index is 14.6. The summed E-state index contributed by atoms with van der Waals surface area (Å²) in [5.41, 5.74) is -1.35. The highest BCUT2D eigenvalue weighted by atomic mass is 19.2. The highest BCUT2D eigenvalue weighted by Crippen LogP contribution is 2.43. The van der Waals surface area contributed by atoms with Crippen molar-refractivity contribution in [3.05, 3.63) is 59.3 Å². The monoisotopic (exact) mass is 460 g/mol. The Morgan fingerprint density at radius 1 is 1.03 bits per heavy atom. The first kappa shape index (κ1) is 27.7. The zero-order valence-electron chi connectivity index (χ0n) is 18.4.